The highest BCUT2D eigenvalue weighted by molar-refractivity contribution is 9.10. The smallest absolute Gasteiger partial charge is 0.412 e. The molecule has 6 nitrogen and oxygen atoms in total. The molecule has 1 spiro atoms. The van der Waals surface area contributed by atoms with Gasteiger partial charge in [0.15, 0.2) is 0 Å². The van der Waals surface area contributed by atoms with Crippen LogP contribution in [0.3, 0.4) is 0 Å². The van der Waals surface area contributed by atoms with Crippen molar-refractivity contribution in [2.45, 2.75) is 45.4 Å². The molecule has 3 heterocycles. The normalized spacial score (nSPS) is 26.8. The van der Waals surface area contributed by atoms with Gasteiger partial charge in [-0.15, -0.1) is 0 Å². The van der Waals surface area contributed by atoms with Gasteiger partial charge in [0.05, 0.1) is 0 Å². The lowest BCUT2D eigenvalue weighted by atomic mass is 9.72. The number of ether oxygens (including phenoxy) is 1. The van der Waals surface area contributed by atoms with Crippen molar-refractivity contribution < 1.29 is 14.6 Å². The second-order valence-electron chi connectivity index (χ2n) is 10.0. The van der Waals surface area contributed by atoms with E-state index in [1.807, 2.05) is 20.8 Å². The predicted octanol–water partition coefficient (Wildman–Crippen LogP) is 3.54. The lowest BCUT2D eigenvalue weighted by Gasteiger charge is -2.61. The maximum absolute atomic E-state index is 12.2. The first-order valence-corrected chi connectivity index (χ1v) is 11.3. The fourth-order valence-corrected chi connectivity index (χ4v) is 5.17. The van der Waals surface area contributed by atoms with E-state index in [4.69, 9.17) is 4.74 Å². The average Bonchev–Trinajstić information content (AvgIpc) is 2.55. The molecular formula is C22H32BrN3O3. The van der Waals surface area contributed by atoms with Crippen LogP contribution in [0.15, 0.2) is 28.7 Å². The molecule has 1 aromatic rings. The summed E-state index contributed by atoms with van der Waals surface area (Å²) >= 11 is 3.49. The third-order valence-electron chi connectivity index (χ3n) is 6.19. The van der Waals surface area contributed by atoms with Crippen molar-refractivity contribution in [3.63, 3.8) is 0 Å². The van der Waals surface area contributed by atoms with Gasteiger partial charge >= 0.3 is 6.09 Å². The molecular weight excluding hydrogens is 434 g/mol. The summed E-state index contributed by atoms with van der Waals surface area (Å²) in [5.41, 5.74) is 1.21. The maximum atomic E-state index is 12.2. The van der Waals surface area contributed by atoms with E-state index in [2.05, 4.69) is 50.0 Å². The Bertz CT molecular complexity index is 735. The van der Waals surface area contributed by atoms with Gasteiger partial charge in [-0.05, 0) is 63.8 Å². The Hall–Kier alpha value is -1.31. The van der Waals surface area contributed by atoms with Crippen LogP contribution in [0.2, 0.25) is 0 Å². The number of hydrogen-bond donors (Lipinski definition) is 1. The van der Waals surface area contributed by atoms with Crippen LogP contribution in [0.4, 0.5) is 10.5 Å². The van der Waals surface area contributed by atoms with Gasteiger partial charge in [-0.1, -0.05) is 15.9 Å². The van der Waals surface area contributed by atoms with Crippen LogP contribution in [0, 0.1) is 11.3 Å². The first kappa shape index (κ1) is 20.9. The Morgan fingerprint density at radius 1 is 1.21 bits per heavy atom. The minimum Gasteiger partial charge on any atom is -0.444 e. The number of anilines is 1. The highest BCUT2D eigenvalue weighted by Crippen LogP contribution is 2.42. The molecule has 0 bridgehead atoms. The summed E-state index contributed by atoms with van der Waals surface area (Å²) in [5.74, 6) is 0.434. The first-order valence-electron chi connectivity index (χ1n) is 10.5. The van der Waals surface area contributed by atoms with Gasteiger partial charge in [0.2, 0.25) is 0 Å². The van der Waals surface area contributed by atoms with Gasteiger partial charge in [-0.2, -0.15) is 0 Å². The van der Waals surface area contributed by atoms with Crippen molar-refractivity contribution in [3.8, 4) is 0 Å². The zero-order valence-corrected chi connectivity index (χ0v) is 19.2. The van der Waals surface area contributed by atoms with E-state index in [1.165, 1.54) is 10.6 Å². The molecule has 160 valence electrons. The zero-order valence-electron chi connectivity index (χ0n) is 17.6. The molecule has 2 unspecified atom stereocenters. The average molecular weight is 466 g/mol. The van der Waals surface area contributed by atoms with Gasteiger partial charge in [0.25, 0.3) is 0 Å². The third-order valence-corrected chi connectivity index (χ3v) is 6.72. The number of piperidine rings is 1. The van der Waals surface area contributed by atoms with Gasteiger partial charge in [-0.25, -0.2) is 4.79 Å². The molecule has 0 aromatic heterocycles. The number of aliphatic hydroxyl groups excluding tert-OH is 1. The van der Waals surface area contributed by atoms with Crippen LogP contribution >= 0.6 is 15.9 Å². The molecule has 1 aromatic carbocycles. The van der Waals surface area contributed by atoms with Crippen LogP contribution in [0.5, 0.6) is 0 Å². The number of halogens is 1. The molecule has 0 aliphatic carbocycles. The van der Waals surface area contributed by atoms with E-state index in [9.17, 15) is 9.90 Å². The standard InChI is InChI=1S/C22H32BrN3O3/c1-21(2,3)29-20(28)26-9-8-16(10-19(26)27)11-24-12-22(13-24)14-25(15-22)18-6-4-17(23)5-7-18/h4-7,16,19,27H,8-15H2,1-3H3. The molecule has 3 aliphatic rings. The molecule has 4 rings (SSSR count). The number of nitrogens with zero attached hydrogens (tertiary/aromatic N) is 3. The highest BCUT2D eigenvalue weighted by atomic mass is 79.9. The highest BCUT2D eigenvalue weighted by Gasteiger charge is 2.52. The maximum Gasteiger partial charge on any atom is 0.412 e. The van der Waals surface area contributed by atoms with Crippen molar-refractivity contribution in [2.24, 2.45) is 11.3 Å². The SMILES string of the molecule is CC(C)(C)OC(=O)N1CCC(CN2CC3(C2)CN(c2ccc(Br)cc2)C3)CC1O. The van der Waals surface area contributed by atoms with E-state index in [-0.39, 0.29) is 0 Å². The lowest BCUT2D eigenvalue weighted by molar-refractivity contribution is -0.0745. The summed E-state index contributed by atoms with van der Waals surface area (Å²) in [7, 11) is 0. The van der Waals surface area contributed by atoms with Crippen LogP contribution in [-0.4, -0.2) is 72.1 Å². The van der Waals surface area contributed by atoms with Crippen molar-refractivity contribution >= 4 is 27.7 Å². The summed E-state index contributed by atoms with van der Waals surface area (Å²) in [6.45, 7) is 11.7. The molecule has 3 aliphatic heterocycles. The molecule has 29 heavy (non-hydrogen) atoms. The predicted molar refractivity (Wildman–Crippen MR) is 117 cm³/mol. The van der Waals surface area contributed by atoms with Crippen molar-refractivity contribution in [1.29, 1.82) is 0 Å². The molecule has 0 saturated carbocycles. The van der Waals surface area contributed by atoms with Crippen LogP contribution in [0.1, 0.15) is 33.6 Å². The number of amides is 1. The quantitative estimate of drug-likeness (QED) is 0.739. The molecule has 3 saturated heterocycles. The fourth-order valence-electron chi connectivity index (χ4n) is 4.91. The van der Waals surface area contributed by atoms with E-state index >= 15 is 0 Å². The molecule has 2 atom stereocenters. The van der Waals surface area contributed by atoms with Crippen molar-refractivity contribution in [2.75, 3.05) is 44.2 Å². The lowest BCUT2D eigenvalue weighted by Crippen LogP contribution is -2.72. The summed E-state index contributed by atoms with van der Waals surface area (Å²) in [4.78, 5) is 18.7. The van der Waals surface area contributed by atoms with Gasteiger partial charge < -0.3 is 19.6 Å². The van der Waals surface area contributed by atoms with Gasteiger partial charge in [-0.3, -0.25) is 4.90 Å². The summed E-state index contributed by atoms with van der Waals surface area (Å²) in [5, 5.41) is 10.4. The first-order chi connectivity index (χ1) is 13.6. The largest absolute Gasteiger partial charge is 0.444 e. The monoisotopic (exact) mass is 465 g/mol. The van der Waals surface area contributed by atoms with E-state index < -0.39 is 17.9 Å². The number of likely N-dealkylation sites (tertiary alicyclic amines) is 2. The van der Waals surface area contributed by atoms with E-state index in [0.29, 0.717) is 24.3 Å². The Morgan fingerprint density at radius 2 is 1.86 bits per heavy atom. The number of carbonyl (C=O) groups is 1. The van der Waals surface area contributed by atoms with Gasteiger partial charge in [0, 0.05) is 54.8 Å². The van der Waals surface area contributed by atoms with Crippen molar-refractivity contribution in [3.05, 3.63) is 28.7 Å². The van der Waals surface area contributed by atoms with Crippen molar-refractivity contribution in [1.82, 2.24) is 9.80 Å². The number of aliphatic hydroxyl groups is 1. The topological polar surface area (TPSA) is 56.2 Å². The minimum atomic E-state index is -0.740. The van der Waals surface area contributed by atoms with E-state index in [0.717, 1.165) is 43.6 Å². The second kappa shape index (κ2) is 7.75. The summed E-state index contributed by atoms with van der Waals surface area (Å²) < 4.78 is 6.52. The van der Waals surface area contributed by atoms with Crippen LogP contribution in [0.25, 0.3) is 0 Å². The Morgan fingerprint density at radius 3 is 2.45 bits per heavy atom. The Balaban J connectivity index is 1.19. The van der Waals surface area contributed by atoms with E-state index in [1.54, 1.807) is 0 Å². The minimum absolute atomic E-state index is 0.408. The molecule has 1 N–H and O–H groups in total. The number of carbonyl (C=O) groups excluding carboxylic acids is 1. The molecule has 1 amide bonds. The summed E-state index contributed by atoms with van der Waals surface area (Å²) in [6, 6.07) is 8.55. The van der Waals surface area contributed by atoms with Gasteiger partial charge in [0.1, 0.15) is 11.8 Å². The third kappa shape index (κ3) is 4.72. The second-order valence-corrected chi connectivity index (χ2v) is 11.0. The number of benzene rings is 1. The zero-order chi connectivity index (χ0) is 20.8. The molecule has 0 radical (unpaired) electrons. The molecule has 3 fully saturated rings. The summed E-state index contributed by atoms with van der Waals surface area (Å²) in [6.07, 6.45) is 0.405. The van der Waals surface area contributed by atoms with Crippen LogP contribution in [-0.2, 0) is 4.74 Å². The van der Waals surface area contributed by atoms with Crippen LogP contribution < -0.4 is 4.90 Å². The molecule has 7 heteroatoms. The fraction of sp³-hybridized carbons (Fsp3) is 0.682. The number of hydrogen-bond acceptors (Lipinski definition) is 5. The number of rotatable bonds is 3. The Kier molecular flexibility index (Phi) is 5.59. The Labute approximate surface area is 181 Å².